The molecule has 130 valence electrons. The van der Waals surface area contributed by atoms with Crippen molar-refractivity contribution in [2.45, 2.75) is 19.8 Å². The molecule has 8 heteroatoms. The third kappa shape index (κ3) is 16.1. The van der Waals surface area contributed by atoms with Crippen molar-refractivity contribution >= 4 is 17.7 Å². The van der Waals surface area contributed by atoms with Gasteiger partial charge in [0.05, 0.1) is 6.54 Å². The SMILES string of the molecule is C#CCNC(=O)COCC(=O)NCCCOCCCNC(C)=O. The number of nitrogens with one attached hydrogen (secondary N) is 3. The lowest BCUT2D eigenvalue weighted by molar-refractivity contribution is -0.130. The first kappa shape index (κ1) is 20.9. The summed E-state index contributed by atoms with van der Waals surface area (Å²) in [6.07, 6.45) is 6.41. The fraction of sp³-hybridized carbons (Fsp3) is 0.667. The molecule has 0 saturated heterocycles. The van der Waals surface area contributed by atoms with Crippen LogP contribution in [-0.4, -0.2) is 63.8 Å². The highest BCUT2D eigenvalue weighted by Gasteiger charge is 2.04. The lowest BCUT2D eigenvalue weighted by Gasteiger charge is -2.07. The van der Waals surface area contributed by atoms with Gasteiger partial charge in [0.15, 0.2) is 0 Å². The predicted molar refractivity (Wildman–Crippen MR) is 84.4 cm³/mol. The first-order valence-corrected chi connectivity index (χ1v) is 7.43. The van der Waals surface area contributed by atoms with Crippen LogP contribution in [0.3, 0.4) is 0 Å². The summed E-state index contributed by atoms with van der Waals surface area (Å²) in [5.41, 5.74) is 0. The van der Waals surface area contributed by atoms with E-state index in [1.54, 1.807) is 0 Å². The van der Waals surface area contributed by atoms with Gasteiger partial charge in [-0.2, -0.15) is 0 Å². The van der Waals surface area contributed by atoms with E-state index in [0.717, 1.165) is 6.42 Å². The van der Waals surface area contributed by atoms with Gasteiger partial charge in [0.1, 0.15) is 13.2 Å². The molecular weight excluding hydrogens is 302 g/mol. The van der Waals surface area contributed by atoms with Gasteiger partial charge in [0, 0.05) is 33.2 Å². The molecule has 0 heterocycles. The number of carbonyl (C=O) groups is 3. The van der Waals surface area contributed by atoms with Gasteiger partial charge in [-0.25, -0.2) is 0 Å². The van der Waals surface area contributed by atoms with Gasteiger partial charge in [0.25, 0.3) is 0 Å². The van der Waals surface area contributed by atoms with E-state index in [2.05, 4.69) is 21.9 Å². The summed E-state index contributed by atoms with van der Waals surface area (Å²) in [5, 5.41) is 7.75. The molecule has 0 aromatic heterocycles. The van der Waals surface area contributed by atoms with E-state index >= 15 is 0 Å². The van der Waals surface area contributed by atoms with E-state index in [-0.39, 0.29) is 37.5 Å². The Hall–Kier alpha value is -2.11. The van der Waals surface area contributed by atoms with Crippen molar-refractivity contribution < 1.29 is 23.9 Å². The van der Waals surface area contributed by atoms with Crippen molar-refractivity contribution in [2.24, 2.45) is 0 Å². The minimum atomic E-state index is -0.358. The summed E-state index contributed by atoms with van der Waals surface area (Å²) in [4.78, 5) is 33.1. The van der Waals surface area contributed by atoms with Gasteiger partial charge >= 0.3 is 0 Å². The molecule has 0 aliphatic heterocycles. The largest absolute Gasteiger partial charge is 0.381 e. The Morgan fingerprint density at radius 3 is 2.04 bits per heavy atom. The van der Waals surface area contributed by atoms with Gasteiger partial charge in [-0.1, -0.05) is 5.92 Å². The van der Waals surface area contributed by atoms with Crippen molar-refractivity contribution in [2.75, 3.05) is 46.1 Å². The zero-order valence-electron chi connectivity index (χ0n) is 13.5. The molecular formula is C15H25N3O5. The average molecular weight is 327 g/mol. The van der Waals surface area contributed by atoms with Gasteiger partial charge in [-0.15, -0.1) is 6.42 Å². The molecule has 0 fully saturated rings. The monoisotopic (exact) mass is 327 g/mol. The zero-order valence-corrected chi connectivity index (χ0v) is 13.5. The molecule has 8 nitrogen and oxygen atoms in total. The summed E-state index contributed by atoms with van der Waals surface area (Å²) in [6.45, 7) is 3.37. The number of hydrogen-bond acceptors (Lipinski definition) is 5. The summed E-state index contributed by atoms with van der Waals surface area (Å²) in [7, 11) is 0. The molecule has 3 amide bonds. The number of carbonyl (C=O) groups excluding carboxylic acids is 3. The summed E-state index contributed by atoms with van der Waals surface area (Å²) >= 11 is 0. The molecule has 0 aliphatic rings. The minimum Gasteiger partial charge on any atom is -0.381 e. The Morgan fingerprint density at radius 2 is 1.48 bits per heavy atom. The van der Waals surface area contributed by atoms with Crippen molar-refractivity contribution in [1.29, 1.82) is 0 Å². The maximum absolute atomic E-state index is 11.4. The predicted octanol–water partition coefficient (Wildman–Crippen LogP) is -1.20. The van der Waals surface area contributed by atoms with Crippen molar-refractivity contribution in [3.8, 4) is 12.3 Å². The molecule has 0 bridgehead atoms. The lowest BCUT2D eigenvalue weighted by Crippen LogP contribution is -2.32. The van der Waals surface area contributed by atoms with E-state index in [4.69, 9.17) is 15.9 Å². The number of ether oxygens (including phenoxy) is 2. The molecule has 3 N–H and O–H groups in total. The van der Waals surface area contributed by atoms with Crippen LogP contribution in [0.4, 0.5) is 0 Å². The van der Waals surface area contributed by atoms with Gasteiger partial charge in [0.2, 0.25) is 17.7 Å². The molecule has 0 saturated carbocycles. The van der Waals surface area contributed by atoms with Crippen LogP contribution < -0.4 is 16.0 Å². The molecule has 0 aromatic carbocycles. The van der Waals surface area contributed by atoms with Gasteiger partial charge < -0.3 is 25.4 Å². The van der Waals surface area contributed by atoms with Crippen LogP contribution in [0.15, 0.2) is 0 Å². The van der Waals surface area contributed by atoms with Crippen LogP contribution >= 0.6 is 0 Å². The van der Waals surface area contributed by atoms with Crippen molar-refractivity contribution in [3.05, 3.63) is 0 Å². The topological polar surface area (TPSA) is 106 Å². The van der Waals surface area contributed by atoms with Gasteiger partial charge in [-0.05, 0) is 12.8 Å². The van der Waals surface area contributed by atoms with Crippen LogP contribution in [-0.2, 0) is 23.9 Å². The molecule has 0 aliphatic carbocycles. The Bertz CT molecular complexity index is 406. The number of hydrogen-bond donors (Lipinski definition) is 3. The van der Waals surface area contributed by atoms with E-state index in [9.17, 15) is 14.4 Å². The molecule has 0 unspecified atom stereocenters. The lowest BCUT2D eigenvalue weighted by atomic mass is 10.4. The second-order valence-electron chi connectivity index (χ2n) is 4.63. The average Bonchev–Trinajstić information content (AvgIpc) is 2.51. The van der Waals surface area contributed by atoms with Gasteiger partial charge in [-0.3, -0.25) is 14.4 Å². The molecule has 0 spiro atoms. The summed E-state index contributed by atoms with van der Waals surface area (Å²) in [5.74, 6) is 1.56. The first-order chi connectivity index (χ1) is 11.1. The Kier molecular flexibility index (Phi) is 13.5. The fourth-order valence-corrected chi connectivity index (χ4v) is 1.43. The quantitative estimate of drug-likeness (QED) is 0.291. The highest BCUT2D eigenvalue weighted by molar-refractivity contribution is 5.79. The number of terminal acetylenes is 1. The van der Waals surface area contributed by atoms with E-state index in [1.165, 1.54) is 6.92 Å². The normalized spacial score (nSPS) is 9.74. The van der Waals surface area contributed by atoms with Crippen LogP contribution in [0.5, 0.6) is 0 Å². The van der Waals surface area contributed by atoms with Crippen LogP contribution in [0.25, 0.3) is 0 Å². The minimum absolute atomic E-state index is 0.0524. The number of amides is 3. The third-order valence-corrected chi connectivity index (χ3v) is 2.48. The fourth-order valence-electron chi connectivity index (χ4n) is 1.43. The van der Waals surface area contributed by atoms with E-state index in [1.807, 2.05) is 0 Å². The van der Waals surface area contributed by atoms with Crippen LogP contribution in [0.1, 0.15) is 19.8 Å². The highest BCUT2D eigenvalue weighted by atomic mass is 16.5. The van der Waals surface area contributed by atoms with Crippen molar-refractivity contribution in [3.63, 3.8) is 0 Å². The zero-order chi connectivity index (χ0) is 17.3. The highest BCUT2D eigenvalue weighted by Crippen LogP contribution is 1.85. The van der Waals surface area contributed by atoms with E-state index in [0.29, 0.717) is 32.7 Å². The van der Waals surface area contributed by atoms with Crippen LogP contribution in [0.2, 0.25) is 0 Å². The second kappa shape index (κ2) is 14.8. The summed E-state index contributed by atoms with van der Waals surface area (Å²) < 4.78 is 10.3. The molecule has 0 aromatic rings. The summed E-state index contributed by atoms with van der Waals surface area (Å²) in [6, 6.07) is 0. The molecule has 23 heavy (non-hydrogen) atoms. The Balaban J connectivity index is 3.32. The Morgan fingerprint density at radius 1 is 0.913 bits per heavy atom. The molecule has 0 radical (unpaired) electrons. The maximum Gasteiger partial charge on any atom is 0.246 e. The smallest absolute Gasteiger partial charge is 0.246 e. The molecule has 0 atom stereocenters. The molecule has 0 rings (SSSR count). The number of rotatable bonds is 13. The van der Waals surface area contributed by atoms with E-state index < -0.39 is 0 Å². The maximum atomic E-state index is 11.4. The Labute approximate surface area is 136 Å². The third-order valence-electron chi connectivity index (χ3n) is 2.48. The standard InChI is InChI=1S/C15H25N3O5/c1-3-6-17-14(20)11-23-12-15(21)18-8-5-10-22-9-4-7-16-13(2)19/h1H,4-12H2,2H3,(H,16,19)(H,17,20)(H,18,21). The second-order valence-corrected chi connectivity index (χ2v) is 4.63. The first-order valence-electron chi connectivity index (χ1n) is 7.43. The van der Waals surface area contributed by atoms with Crippen LogP contribution in [0, 0.1) is 12.3 Å². The van der Waals surface area contributed by atoms with Crippen molar-refractivity contribution in [1.82, 2.24) is 16.0 Å².